The molecule has 9 heteroatoms. The van der Waals surface area contributed by atoms with Crippen LogP contribution in [0.5, 0.6) is 5.75 Å². The summed E-state index contributed by atoms with van der Waals surface area (Å²) in [5.41, 5.74) is 5.39. The van der Waals surface area contributed by atoms with Gasteiger partial charge in [0.1, 0.15) is 18.2 Å². The summed E-state index contributed by atoms with van der Waals surface area (Å²) in [5, 5.41) is 12.2. The number of nitrogens with one attached hydrogen (secondary N) is 1. The number of pyridine rings is 1. The summed E-state index contributed by atoms with van der Waals surface area (Å²) < 4.78 is 23.9. The smallest absolute Gasteiger partial charge is 0.306 e. The maximum atomic E-state index is 13.6. The number of esters is 1. The first-order valence-corrected chi connectivity index (χ1v) is 15.8. The Bertz CT molecular complexity index is 1810. The van der Waals surface area contributed by atoms with Gasteiger partial charge >= 0.3 is 5.97 Å². The molecule has 8 nitrogen and oxygen atoms in total. The van der Waals surface area contributed by atoms with Gasteiger partial charge in [0, 0.05) is 42.9 Å². The molecule has 0 saturated carbocycles. The molecule has 0 spiro atoms. The molecule has 1 aliphatic heterocycles. The molecule has 3 heterocycles. The van der Waals surface area contributed by atoms with Crippen LogP contribution in [-0.4, -0.2) is 65.3 Å². The third-order valence-electron chi connectivity index (χ3n) is 9.11. The Kier molecular flexibility index (Phi) is 9.63. The fourth-order valence-corrected chi connectivity index (χ4v) is 6.48. The maximum absolute atomic E-state index is 13.6. The van der Waals surface area contributed by atoms with Crippen LogP contribution in [0.15, 0.2) is 91.3 Å². The minimum absolute atomic E-state index is 0.0222. The van der Waals surface area contributed by atoms with E-state index < -0.39 is 0 Å². The predicted octanol–water partition coefficient (Wildman–Crippen LogP) is 6.72. The van der Waals surface area contributed by atoms with Gasteiger partial charge in [0.2, 0.25) is 5.91 Å². The fraction of sp³-hybridized carbons (Fsp3) is 0.289. The number of hydrogen-bond acceptors (Lipinski definition) is 6. The summed E-state index contributed by atoms with van der Waals surface area (Å²) in [6.45, 7) is 1.57. The van der Waals surface area contributed by atoms with Crippen molar-refractivity contribution in [2.75, 3.05) is 33.4 Å². The number of H-pyrrole nitrogens is 1. The number of amides is 1. The molecule has 1 fully saturated rings. The number of aromatic nitrogens is 2. The molecule has 0 atom stereocenters. The van der Waals surface area contributed by atoms with Gasteiger partial charge in [-0.05, 0) is 71.7 Å². The van der Waals surface area contributed by atoms with Crippen molar-refractivity contribution in [2.45, 2.75) is 32.1 Å². The van der Waals surface area contributed by atoms with E-state index in [9.17, 15) is 19.1 Å². The number of fused-ring (bicyclic) bond motifs is 1. The molecule has 242 valence electrons. The van der Waals surface area contributed by atoms with Crippen LogP contribution in [0.25, 0.3) is 33.3 Å². The average molecular weight is 636 g/mol. The van der Waals surface area contributed by atoms with Gasteiger partial charge in [-0.25, -0.2) is 4.39 Å². The summed E-state index contributed by atoms with van der Waals surface area (Å²) in [4.78, 5) is 35.5. The average Bonchev–Trinajstić information content (AvgIpc) is 3.51. The Labute approximate surface area is 273 Å². The lowest BCUT2D eigenvalue weighted by molar-refractivity contribution is -0.149. The van der Waals surface area contributed by atoms with Gasteiger partial charge in [-0.15, -0.1) is 0 Å². The monoisotopic (exact) mass is 635 g/mol. The lowest BCUT2D eigenvalue weighted by atomic mass is 9.71. The van der Waals surface area contributed by atoms with Gasteiger partial charge in [0.25, 0.3) is 0 Å². The second-order valence-electron chi connectivity index (χ2n) is 12.3. The van der Waals surface area contributed by atoms with Crippen molar-refractivity contribution in [2.24, 2.45) is 5.41 Å². The summed E-state index contributed by atoms with van der Waals surface area (Å²) in [6, 6.07) is 23.7. The quantitative estimate of drug-likeness (QED) is 0.123. The van der Waals surface area contributed by atoms with Crippen LogP contribution in [0.2, 0.25) is 0 Å². The second kappa shape index (κ2) is 14.2. The summed E-state index contributed by atoms with van der Waals surface area (Å²) in [6.07, 6.45) is 5.84. The Morgan fingerprint density at radius 3 is 2.40 bits per heavy atom. The Balaban J connectivity index is 1.10. The molecule has 1 saturated heterocycles. The molecule has 5 aromatic rings. The number of methoxy groups -OCH3 is 1. The number of hydrogen-bond donors (Lipinski definition) is 2. The highest BCUT2D eigenvalue weighted by molar-refractivity contribution is 5.89. The molecule has 2 aromatic heterocycles. The third kappa shape index (κ3) is 7.52. The Hall–Kier alpha value is -5.02. The number of piperidine rings is 1. The van der Waals surface area contributed by atoms with Crippen molar-refractivity contribution in [3.63, 3.8) is 0 Å². The molecule has 47 heavy (non-hydrogen) atoms. The molecular formula is C38H38FN3O5. The predicted molar refractivity (Wildman–Crippen MR) is 178 cm³/mol. The van der Waals surface area contributed by atoms with Crippen LogP contribution >= 0.6 is 0 Å². The van der Waals surface area contributed by atoms with Gasteiger partial charge in [-0.1, -0.05) is 48.5 Å². The van der Waals surface area contributed by atoms with Gasteiger partial charge in [0.15, 0.2) is 0 Å². The first-order valence-electron chi connectivity index (χ1n) is 15.8. The Morgan fingerprint density at radius 2 is 1.68 bits per heavy atom. The summed E-state index contributed by atoms with van der Waals surface area (Å²) in [7, 11) is 1.55. The Morgan fingerprint density at radius 1 is 0.957 bits per heavy atom. The topological polar surface area (TPSA) is 105 Å². The van der Waals surface area contributed by atoms with Crippen LogP contribution in [-0.2, 0) is 31.9 Å². The van der Waals surface area contributed by atoms with Crippen molar-refractivity contribution in [1.82, 2.24) is 14.9 Å². The highest BCUT2D eigenvalue weighted by Gasteiger charge is 2.38. The summed E-state index contributed by atoms with van der Waals surface area (Å²) >= 11 is 0. The van der Waals surface area contributed by atoms with Crippen LogP contribution < -0.4 is 0 Å². The zero-order chi connectivity index (χ0) is 32.8. The number of phenols is 1. The maximum Gasteiger partial charge on any atom is 0.306 e. The number of phenolic OH excluding ortho intramolecular Hbond substituents is 1. The van der Waals surface area contributed by atoms with Crippen molar-refractivity contribution < 1.29 is 28.6 Å². The van der Waals surface area contributed by atoms with Crippen LogP contribution in [0.1, 0.15) is 30.4 Å². The molecule has 6 rings (SSSR count). The van der Waals surface area contributed by atoms with Crippen LogP contribution in [0.3, 0.4) is 0 Å². The van der Waals surface area contributed by atoms with Gasteiger partial charge in [0.05, 0.1) is 36.9 Å². The minimum Gasteiger partial charge on any atom is -0.507 e. The normalized spacial score (nSPS) is 14.3. The third-order valence-corrected chi connectivity index (χ3v) is 9.11. The van der Waals surface area contributed by atoms with E-state index in [4.69, 9.17) is 9.47 Å². The molecule has 1 amide bonds. The molecule has 0 bridgehead atoms. The standard InChI is InChI=1S/C38H38FN3O5/c1-46-19-20-47-36(44)24-38(23-27-7-11-30(39)12-8-27)14-17-42(18-15-38)35(43)21-26-5-9-28(10-6-26)31-3-2-4-32(37(31)45)33-22-29-13-16-40-25-34(29)41-33/h2-13,16,22,25,41,45H,14-15,17-21,23-24H2,1H3. The largest absolute Gasteiger partial charge is 0.507 e. The van der Waals surface area contributed by atoms with E-state index in [0.717, 1.165) is 33.3 Å². The van der Waals surface area contributed by atoms with E-state index in [1.807, 2.05) is 59.5 Å². The zero-order valence-electron chi connectivity index (χ0n) is 26.4. The molecule has 0 radical (unpaired) electrons. The molecule has 2 N–H and O–H groups in total. The van der Waals surface area contributed by atoms with E-state index >= 15 is 0 Å². The first kappa shape index (κ1) is 31.9. The number of halogens is 1. The fourth-order valence-electron chi connectivity index (χ4n) is 6.48. The number of aromatic hydroxyl groups is 1. The molecule has 3 aromatic carbocycles. The lowest BCUT2D eigenvalue weighted by Gasteiger charge is -2.41. The molecule has 0 aliphatic carbocycles. The number of benzene rings is 3. The number of carbonyl (C=O) groups is 2. The highest BCUT2D eigenvalue weighted by Crippen LogP contribution is 2.40. The van der Waals surface area contributed by atoms with E-state index in [0.29, 0.717) is 50.1 Å². The molecule has 0 unspecified atom stereocenters. The summed E-state index contributed by atoms with van der Waals surface area (Å²) in [5.74, 6) is -0.395. The van der Waals surface area contributed by atoms with Crippen LogP contribution in [0, 0.1) is 11.2 Å². The van der Waals surface area contributed by atoms with Gasteiger partial charge in [-0.2, -0.15) is 0 Å². The minimum atomic E-state index is -0.388. The number of ether oxygens (including phenoxy) is 2. The molecular weight excluding hydrogens is 597 g/mol. The van der Waals surface area contributed by atoms with E-state index in [2.05, 4.69) is 9.97 Å². The zero-order valence-corrected chi connectivity index (χ0v) is 26.4. The van der Waals surface area contributed by atoms with E-state index in [-0.39, 0.29) is 48.3 Å². The first-order chi connectivity index (χ1) is 22.8. The van der Waals surface area contributed by atoms with Crippen molar-refractivity contribution in [3.8, 4) is 28.1 Å². The second-order valence-corrected chi connectivity index (χ2v) is 12.3. The van der Waals surface area contributed by atoms with Crippen molar-refractivity contribution in [1.29, 1.82) is 0 Å². The van der Waals surface area contributed by atoms with Crippen molar-refractivity contribution in [3.05, 3.63) is 108 Å². The van der Waals surface area contributed by atoms with Crippen molar-refractivity contribution >= 4 is 22.8 Å². The van der Waals surface area contributed by atoms with E-state index in [1.54, 1.807) is 31.6 Å². The SMILES string of the molecule is COCCOC(=O)CC1(Cc2ccc(F)cc2)CCN(C(=O)Cc2ccc(-c3cccc(-c4cc5ccncc5[nH]4)c3O)cc2)CC1. The number of rotatable bonds is 11. The van der Waals surface area contributed by atoms with Gasteiger partial charge < -0.3 is 24.5 Å². The number of likely N-dealkylation sites (tertiary alicyclic amines) is 1. The number of carbonyl (C=O) groups excluding carboxylic acids is 2. The number of aromatic amines is 1. The lowest BCUT2D eigenvalue weighted by Crippen LogP contribution is -2.45. The van der Waals surface area contributed by atoms with Crippen LogP contribution in [0.4, 0.5) is 4.39 Å². The van der Waals surface area contributed by atoms with E-state index in [1.165, 1.54) is 12.1 Å². The molecule has 1 aliphatic rings. The number of para-hydroxylation sites is 1. The highest BCUT2D eigenvalue weighted by atomic mass is 19.1. The van der Waals surface area contributed by atoms with Gasteiger partial charge in [-0.3, -0.25) is 14.6 Å². The number of nitrogens with zero attached hydrogens (tertiary/aromatic N) is 2.